The van der Waals surface area contributed by atoms with Gasteiger partial charge in [-0.25, -0.2) is 5.43 Å². The Balaban J connectivity index is 2.37. The van der Waals surface area contributed by atoms with Crippen LogP contribution in [0.1, 0.15) is 50.3 Å². The van der Waals surface area contributed by atoms with Crippen molar-refractivity contribution in [2.24, 2.45) is 12.9 Å². The second-order valence-electron chi connectivity index (χ2n) is 5.89. The van der Waals surface area contributed by atoms with Crippen LogP contribution in [-0.4, -0.2) is 34.3 Å². The maximum atomic E-state index is 5.92. The fourth-order valence-corrected chi connectivity index (χ4v) is 3.52. The van der Waals surface area contributed by atoms with Gasteiger partial charge < -0.3 is 4.90 Å². The first-order valence-corrected chi connectivity index (χ1v) is 7.23. The molecule has 0 bridgehead atoms. The molecule has 0 saturated heterocycles. The van der Waals surface area contributed by atoms with Gasteiger partial charge in [0.1, 0.15) is 0 Å². The Morgan fingerprint density at radius 3 is 2.37 bits per heavy atom. The smallest absolute Gasteiger partial charge is 0.0812 e. The van der Waals surface area contributed by atoms with E-state index in [9.17, 15) is 0 Å². The Hall–Kier alpha value is -0.910. The topological polar surface area (TPSA) is 59.1 Å². The van der Waals surface area contributed by atoms with Crippen LogP contribution in [0.5, 0.6) is 0 Å². The maximum absolute atomic E-state index is 5.92. The summed E-state index contributed by atoms with van der Waals surface area (Å²) >= 11 is 0. The Kier molecular flexibility index (Phi) is 4.60. The van der Waals surface area contributed by atoms with Crippen molar-refractivity contribution in [2.75, 3.05) is 14.1 Å². The molecule has 1 aromatic heterocycles. The Bertz CT molecular complexity index is 390. The summed E-state index contributed by atoms with van der Waals surface area (Å²) in [5, 5.41) is 4.30. The fourth-order valence-electron chi connectivity index (χ4n) is 3.52. The molecule has 5 nitrogen and oxygen atoms in total. The van der Waals surface area contributed by atoms with Crippen molar-refractivity contribution in [3.05, 3.63) is 18.0 Å². The highest BCUT2D eigenvalue weighted by molar-refractivity contribution is 5.15. The van der Waals surface area contributed by atoms with Gasteiger partial charge >= 0.3 is 0 Å². The third-order valence-electron chi connectivity index (χ3n) is 4.72. The molecule has 0 spiro atoms. The molecule has 1 fully saturated rings. The summed E-state index contributed by atoms with van der Waals surface area (Å²) in [6.07, 6.45) is 9.42. The van der Waals surface area contributed by atoms with Gasteiger partial charge in [-0.1, -0.05) is 25.7 Å². The van der Waals surface area contributed by atoms with Crippen LogP contribution in [0.3, 0.4) is 0 Å². The lowest BCUT2D eigenvalue weighted by atomic mass is 9.80. The number of nitrogens with zero attached hydrogens (tertiary/aromatic N) is 3. The molecule has 1 aromatic rings. The van der Waals surface area contributed by atoms with E-state index in [1.165, 1.54) is 38.5 Å². The predicted molar refractivity (Wildman–Crippen MR) is 77.4 cm³/mol. The highest BCUT2D eigenvalue weighted by Gasteiger charge is 2.42. The monoisotopic (exact) mass is 265 g/mol. The molecule has 108 valence electrons. The maximum Gasteiger partial charge on any atom is 0.0812 e. The molecule has 3 N–H and O–H groups in total. The second-order valence-corrected chi connectivity index (χ2v) is 5.89. The highest BCUT2D eigenvalue weighted by atomic mass is 15.3. The summed E-state index contributed by atoms with van der Waals surface area (Å²) in [6, 6.07) is 2.19. The van der Waals surface area contributed by atoms with Gasteiger partial charge in [-0.05, 0) is 33.0 Å². The number of nitrogens with one attached hydrogen (secondary N) is 1. The molecule has 1 aliphatic rings. The number of hydrazine groups is 1. The Labute approximate surface area is 116 Å². The first-order valence-electron chi connectivity index (χ1n) is 7.23. The van der Waals surface area contributed by atoms with Crippen LogP contribution in [-0.2, 0) is 7.05 Å². The van der Waals surface area contributed by atoms with Crippen LogP contribution in [0.4, 0.5) is 0 Å². The van der Waals surface area contributed by atoms with Crippen molar-refractivity contribution in [3.8, 4) is 0 Å². The van der Waals surface area contributed by atoms with E-state index in [1.54, 1.807) is 0 Å². The number of hydrogen-bond acceptors (Lipinski definition) is 4. The van der Waals surface area contributed by atoms with Crippen LogP contribution >= 0.6 is 0 Å². The van der Waals surface area contributed by atoms with Gasteiger partial charge in [0, 0.05) is 18.8 Å². The molecule has 1 saturated carbocycles. The Morgan fingerprint density at radius 2 is 1.95 bits per heavy atom. The van der Waals surface area contributed by atoms with Crippen molar-refractivity contribution in [2.45, 2.75) is 50.1 Å². The summed E-state index contributed by atoms with van der Waals surface area (Å²) in [4.78, 5) is 2.36. The molecular weight excluding hydrogens is 238 g/mol. The van der Waals surface area contributed by atoms with Crippen LogP contribution in [0.15, 0.2) is 12.3 Å². The lowest BCUT2D eigenvalue weighted by Gasteiger charge is -2.45. The van der Waals surface area contributed by atoms with Gasteiger partial charge in [-0.2, -0.15) is 5.10 Å². The summed E-state index contributed by atoms with van der Waals surface area (Å²) in [5.74, 6) is 5.92. The first-order chi connectivity index (χ1) is 9.12. The van der Waals surface area contributed by atoms with E-state index in [0.29, 0.717) is 0 Å². The number of hydrogen-bond donors (Lipinski definition) is 2. The van der Waals surface area contributed by atoms with Crippen molar-refractivity contribution in [1.29, 1.82) is 0 Å². The molecule has 0 aliphatic heterocycles. The van der Waals surface area contributed by atoms with Gasteiger partial charge in [0.25, 0.3) is 0 Å². The minimum absolute atomic E-state index is 0.0824. The number of aromatic nitrogens is 2. The lowest BCUT2D eigenvalue weighted by Crippen LogP contribution is -2.55. The molecule has 2 rings (SSSR count). The zero-order valence-corrected chi connectivity index (χ0v) is 12.4. The summed E-state index contributed by atoms with van der Waals surface area (Å²) < 4.78 is 1.93. The van der Waals surface area contributed by atoms with E-state index in [2.05, 4.69) is 35.6 Å². The van der Waals surface area contributed by atoms with Gasteiger partial charge in [0.05, 0.1) is 11.7 Å². The van der Waals surface area contributed by atoms with Crippen molar-refractivity contribution >= 4 is 0 Å². The van der Waals surface area contributed by atoms with Crippen LogP contribution < -0.4 is 11.3 Å². The molecular formula is C14H27N5. The first kappa shape index (κ1) is 14.5. The standard InChI is InChI=1S/C14H27N5/c1-18(2)14(9-6-4-5-7-10-14)13(17-15)12-8-11-16-19(12)3/h8,11,13,17H,4-7,9-10,15H2,1-3H3. The van der Waals surface area contributed by atoms with Crippen LogP contribution in [0.2, 0.25) is 0 Å². The van der Waals surface area contributed by atoms with E-state index >= 15 is 0 Å². The van der Waals surface area contributed by atoms with Gasteiger partial charge in [0.15, 0.2) is 0 Å². The summed E-state index contributed by atoms with van der Waals surface area (Å²) in [5.41, 5.74) is 4.31. The van der Waals surface area contributed by atoms with Crippen molar-refractivity contribution in [1.82, 2.24) is 20.1 Å². The Morgan fingerprint density at radius 1 is 1.32 bits per heavy atom. The van der Waals surface area contributed by atoms with Crippen LogP contribution in [0, 0.1) is 0 Å². The largest absolute Gasteiger partial charge is 0.302 e. The predicted octanol–water partition coefficient (Wildman–Crippen LogP) is 1.58. The van der Waals surface area contributed by atoms with E-state index in [1.807, 2.05) is 17.9 Å². The zero-order valence-electron chi connectivity index (χ0n) is 12.4. The van der Waals surface area contributed by atoms with Crippen LogP contribution in [0.25, 0.3) is 0 Å². The number of nitrogens with two attached hydrogens (primary N) is 1. The van der Waals surface area contributed by atoms with E-state index in [0.717, 1.165) is 5.69 Å². The molecule has 5 heteroatoms. The molecule has 1 unspecified atom stereocenters. The van der Waals surface area contributed by atoms with Gasteiger partial charge in [-0.15, -0.1) is 0 Å². The average Bonchev–Trinajstić information content (AvgIpc) is 2.67. The van der Waals surface area contributed by atoms with Crippen molar-refractivity contribution < 1.29 is 0 Å². The normalized spacial score (nSPS) is 21.3. The molecule has 0 radical (unpaired) electrons. The SMILES string of the molecule is CN(C)C1(C(NN)c2ccnn2C)CCCCCC1. The minimum atomic E-state index is 0.0824. The highest BCUT2D eigenvalue weighted by Crippen LogP contribution is 2.40. The number of aryl methyl sites for hydroxylation is 1. The molecule has 1 heterocycles. The van der Waals surface area contributed by atoms with Gasteiger partial charge in [0.2, 0.25) is 0 Å². The third-order valence-corrected chi connectivity index (χ3v) is 4.72. The molecule has 19 heavy (non-hydrogen) atoms. The van der Waals surface area contributed by atoms with E-state index in [-0.39, 0.29) is 11.6 Å². The molecule has 0 amide bonds. The summed E-state index contributed by atoms with van der Waals surface area (Å²) in [7, 11) is 6.33. The lowest BCUT2D eigenvalue weighted by molar-refractivity contribution is 0.0765. The molecule has 1 aliphatic carbocycles. The number of likely N-dealkylation sites (N-methyl/N-ethyl adjacent to an activating group) is 1. The molecule has 0 aromatic carbocycles. The quantitative estimate of drug-likeness (QED) is 0.493. The molecule has 1 atom stereocenters. The second kappa shape index (κ2) is 6.03. The van der Waals surface area contributed by atoms with Crippen molar-refractivity contribution in [3.63, 3.8) is 0 Å². The third kappa shape index (κ3) is 2.68. The van der Waals surface area contributed by atoms with E-state index < -0.39 is 0 Å². The van der Waals surface area contributed by atoms with E-state index in [4.69, 9.17) is 5.84 Å². The fraction of sp³-hybridized carbons (Fsp3) is 0.786. The summed E-state index contributed by atoms with van der Waals surface area (Å²) in [6.45, 7) is 0. The average molecular weight is 265 g/mol. The zero-order chi connectivity index (χ0) is 13.9. The number of rotatable bonds is 4. The van der Waals surface area contributed by atoms with Gasteiger partial charge in [-0.3, -0.25) is 10.5 Å². The minimum Gasteiger partial charge on any atom is -0.302 e.